The average molecular weight is 717 g/mol. The molecule has 0 aromatic heterocycles. The van der Waals surface area contributed by atoms with Crippen molar-refractivity contribution < 1.29 is 43.1 Å². The molecular formula is C40H64N2O9. The second-order valence-electron chi connectivity index (χ2n) is 15.3. The molecule has 11 heteroatoms. The van der Waals surface area contributed by atoms with Crippen LogP contribution in [0.3, 0.4) is 0 Å². The summed E-state index contributed by atoms with van der Waals surface area (Å²) in [5, 5.41) is 14.8. The Bertz CT molecular complexity index is 1390. The van der Waals surface area contributed by atoms with Gasteiger partial charge in [0.1, 0.15) is 22.8 Å². The second-order valence-corrected chi connectivity index (χ2v) is 15.3. The van der Waals surface area contributed by atoms with E-state index in [-0.39, 0.29) is 25.0 Å². The van der Waals surface area contributed by atoms with Crippen LogP contribution in [0.4, 0.5) is 4.79 Å². The Morgan fingerprint density at radius 1 is 0.863 bits per heavy atom. The smallest absolute Gasteiger partial charge is 0.407 e. The van der Waals surface area contributed by atoms with E-state index in [1.165, 1.54) is 0 Å². The van der Waals surface area contributed by atoms with Crippen molar-refractivity contribution in [1.29, 1.82) is 0 Å². The van der Waals surface area contributed by atoms with Crippen molar-refractivity contribution in [2.45, 2.75) is 125 Å². The predicted octanol–water partition coefficient (Wildman–Crippen LogP) is 6.91. The zero-order chi connectivity index (χ0) is 38.4. The number of hydrogen-bond acceptors (Lipinski definition) is 9. The first kappa shape index (κ1) is 43.8. The number of carbonyl (C=O) groups is 2. The Labute approximate surface area is 306 Å². The number of aliphatic hydroxyl groups is 1. The lowest BCUT2D eigenvalue weighted by atomic mass is 9.98. The van der Waals surface area contributed by atoms with Gasteiger partial charge in [-0.15, -0.1) is 0 Å². The van der Waals surface area contributed by atoms with E-state index < -0.39 is 22.9 Å². The Kier molecular flexibility index (Phi) is 17.2. The number of hydrogen-bond donors (Lipinski definition) is 3. The molecule has 0 saturated heterocycles. The number of ether oxygens (including phenoxy) is 6. The topological polar surface area (TPSA) is 134 Å². The number of aryl methyl sites for hydroxylation is 4. The average Bonchev–Trinajstić information content (AvgIpc) is 3.00. The summed E-state index contributed by atoms with van der Waals surface area (Å²) in [7, 11) is 1.61. The van der Waals surface area contributed by atoms with Gasteiger partial charge in [0.2, 0.25) is 5.91 Å². The van der Waals surface area contributed by atoms with Crippen LogP contribution >= 0.6 is 0 Å². The minimum Gasteiger partial charge on any atom is -0.493 e. The molecule has 11 nitrogen and oxygen atoms in total. The van der Waals surface area contributed by atoms with Crippen LogP contribution < -0.4 is 20.1 Å². The molecule has 2 rings (SSSR count). The Balaban J connectivity index is 1.97. The van der Waals surface area contributed by atoms with Crippen LogP contribution in [0.5, 0.6) is 17.2 Å². The van der Waals surface area contributed by atoms with Gasteiger partial charge in [-0.3, -0.25) is 4.79 Å². The van der Waals surface area contributed by atoms with Gasteiger partial charge in [0, 0.05) is 26.5 Å². The number of amides is 2. The van der Waals surface area contributed by atoms with Crippen molar-refractivity contribution >= 4 is 12.0 Å². The molecule has 0 heterocycles. The number of nitrogens with one attached hydrogen (secondary N) is 2. The van der Waals surface area contributed by atoms with Crippen molar-refractivity contribution in [2.24, 2.45) is 0 Å². The third-order valence-corrected chi connectivity index (χ3v) is 8.02. The maximum absolute atomic E-state index is 12.1. The van der Waals surface area contributed by atoms with Gasteiger partial charge < -0.3 is 44.2 Å². The van der Waals surface area contributed by atoms with E-state index in [2.05, 4.69) is 29.7 Å². The zero-order valence-corrected chi connectivity index (χ0v) is 33.2. The highest BCUT2D eigenvalue weighted by Crippen LogP contribution is 2.35. The largest absolute Gasteiger partial charge is 0.493 e. The number of methoxy groups -OCH3 is 1. The zero-order valence-electron chi connectivity index (χ0n) is 33.2. The lowest BCUT2D eigenvalue weighted by Crippen LogP contribution is -2.40. The van der Waals surface area contributed by atoms with E-state index in [0.29, 0.717) is 45.8 Å². The van der Waals surface area contributed by atoms with Crippen LogP contribution in [0.15, 0.2) is 24.3 Å². The Hall–Kier alpha value is -3.38. The van der Waals surface area contributed by atoms with Crippen molar-refractivity contribution in [3.8, 4) is 17.2 Å². The van der Waals surface area contributed by atoms with Gasteiger partial charge in [-0.25, -0.2) is 4.79 Å². The molecule has 0 aliphatic rings. The van der Waals surface area contributed by atoms with Crippen LogP contribution in [0, 0.1) is 20.8 Å². The summed E-state index contributed by atoms with van der Waals surface area (Å²) in [6.45, 7) is 23.4. The maximum atomic E-state index is 12.1. The molecule has 0 spiro atoms. The number of benzene rings is 2. The molecule has 0 saturated carbocycles. The van der Waals surface area contributed by atoms with E-state index in [1.54, 1.807) is 7.11 Å². The van der Waals surface area contributed by atoms with Crippen LogP contribution in [0.2, 0.25) is 0 Å². The fourth-order valence-electron chi connectivity index (χ4n) is 5.48. The van der Waals surface area contributed by atoms with Crippen molar-refractivity contribution in [3.05, 3.63) is 52.1 Å². The number of carbonyl (C=O) groups excluding carboxylic acids is 2. The minimum absolute atomic E-state index is 0.0654. The SMILES string of the molecule is CCc1cc(CC(COC)NC(=O)CCO)cc(C)c1Oc1cc(C)c(OCCC(C)(C)OCC(C)(C)OCCNC(=O)OC(C)(C)C)c(C)c1. The monoisotopic (exact) mass is 716 g/mol. The number of rotatable bonds is 21. The minimum atomic E-state index is -0.545. The molecule has 0 fully saturated rings. The molecule has 2 aromatic carbocycles. The van der Waals surface area contributed by atoms with Gasteiger partial charge in [0.05, 0.1) is 50.3 Å². The van der Waals surface area contributed by atoms with Gasteiger partial charge in [0.15, 0.2) is 0 Å². The molecule has 0 radical (unpaired) electrons. The highest BCUT2D eigenvalue weighted by atomic mass is 16.6. The van der Waals surface area contributed by atoms with Crippen LogP contribution in [-0.2, 0) is 36.6 Å². The maximum Gasteiger partial charge on any atom is 0.407 e. The molecular weight excluding hydrogens is 652 g/mol. The van der Waals surface area contributed by atoms with E-state index in [4.69, 9.17) is 33.5 Å². The molecule has 0 bridgehead atoms. The van der Waals surface area contributed by atoms with Gasteiger partial charge in [0.25, 0.3) is 0 Å². The summed E-state index contributed by atoms with van der Waals surface area (Å²) < 4.78 is 35.6. The Morgan fingerprint density at radius 3 is 2.10 bits per heavy atom. The van der Waals surface area contributed by atoms with E-state index in [1.807, 2.05) is 81.4 Å². The van der Waals surface area contributed by atoms with Gasteiger partial charge in [-0.1, -0.05) is 19.1 Å². The molecule has 288 valence electrons. The van der Waals surface area contributed by atoms with E-state index >= 15 is 0 Å². The predicted molar refractivity (Wildman–Crippen MR) is 200 cm³/mol. The molecule has 1 unspecified atom stereocenters. The second kappa shape index (κ2) is 20.0. The molecule has 51 heavy (non-hydrogen) atoms. The van der Waals surface area contributed by atoms with E-state index in [9.17, 15) is 9.59 Å². The lowest BCUT2D eigenvalue weighted by Gasteiger charge is -2.32. The third-order valence-electron chi connectivity index (χ3n) is 8.02. The highest BCUT2D eigenvalue weighted by molar-refractivity contribution is 5.76. The normalized spacial score (nSPS) is 12.7. The van der Waals surface area contributed by atoms with Crippen molar-refractivity contribution in [3.63, 3.8) is 0 Å². The first-order valence-electron chi connectivity index (χ1n) is 18.0. The van der Waals surface area contributed by atoms with E-state index in [0.717, 1.165) is 51.5 Å². The first-order chi connectivity index (χ1) is 23.8. The number of aliphatic hydroxyl groups excluding tert-OH is 1. The fraction of sp³-hybridized carbons (Fsp3) is 0.650. The Morgan fingerprint density at radius 2 is 1.51 bits per heavy atom. The summed E-state index contributed by atoms with van der Waals surface area (Å²) >= 11 is 0. The summed E-state index contributed by atoms with van der Waals surface area (Å²) in [6.07, 6.45) is 1.65. The molecule has 0 aliphatic heterocycles. The van der Waals surface area contributed by atoms with Gasteiger partial charge in [-0.2, -0.15) is 0 Å². The lowest BCUT2D eigenvalue weighted by molar-refractivity contribution is -0.123. The van der Waals surface area contributed by atoms with Crippen molar-refractivity contribution in [1.82, 2.24) is 10.6 Å². The molecule has 3 N–H and O–H groups in total. The third kappa shape index (κ3) is 16.2. The van der Waals surface area contributed by atoms with Gasteiger partial charge in [-0.05, 0) is 122 Å². The van der Waals surface area contributed by atoms with Gasteiger partial charge >= 0.3 is 6.09 Å². The summed E-state index contributed by atoms with van der Waals surface area (Å²) in [4.78, 5) is 24.0. The molecule has 2 aromatic rings. The van der Waals surface area contributed by atoms with Crippen LogP contribution in [0.1, 0.15) is 96.0 Å². The number of alkyl carbamates (subject to hydrolysis) is 1. The van der Waals surface area contributed by atoms with Crippen LogP contribution in [0.25, 0.3) is 0 Å². The summed E-state index contributed by atoms with van der Waals surface area (Å²) in [5.41, 5.74) is 3.58. The van der Waals surface area contributed by atoms with Crippen molar-refractivity contribution in [2.75, 3.05) is 46.7 Å². The molecule has 0 aliphatic carbocycles. The quantitative estimate of drug-likeness (QED) is 0.118. The fourth-order valence-corrected chi connectivity index (χ4v) is 5.48. The first-order valence-corrected chi connectivity index (χ1v) is 18.0. The summed E-state index contributed by atoms with van der Waals surface area (Å²) in [6, 6.07) is 8.01. The molecule has 2 amide bonds. The van der Waals surface area contributed by atoms with Crippen LogP contribution in [-0.4, -0.2) is 86.6 Å². The standard InChI is InChI=1S/C40H64N2O9/c1-13-31-23-30(24-32(25-46-12)42-34(44)14-17-43)20-27(2)36(31)50-33-21-28(3)35(29(4)22-33)47-18-15-39(8,9)49-26-40(10,11)48-19-16-41-37(45)51-38(5,6)7/h20-23,32,43H,13-19,24-26H2,1-12H3,(H,41,45)(H,42,44). The summed E-state index contributed by atoms with van der Waals surface area (Å²) in [5.74, 6) is 2.19. The highest BCUT2D eigenvalue weighted by Gasteiger charge is 2.26. The molecule has 1 atom stereocenters.